The highest BCUT2D eigenvalue weighted by molar-refractivity contribution is 5.92. The molecule has 0 saturated carbocycles. The summed E-state index contributed by atoms with van der Waals surface area (Å²) in [6.45, 7) is 1.60. The number of Topliss-reactive ketones (excluding diaryl/α,β-unsaturated/α-hetero) is 1. The van der Waals surface area contributed by atoms with Crippen LogP contribution in [0.25, 0.3) is 0 Å². The lowest BCUT2D eigenvalue weighted by atomic mass is 9.94. The fourth-order valence-electron chi connectivity index (χ4n) is 1.64. The van der Waals surface area contributed by atoms with Crippen LogP contribution in [0.2, 0.25) is 0 Å². The van der Waals surface area contributed by atoms with E-state index in [1.807, 2.05) is 0 Å². The number of rotatable bonds is 4. The first-order valence-corrected chi connectivity index (χ1v) is 6.07. The van der Waals surface area contributed by atoms with Crippen molar-refractivity contribution in [2.45, 2.75) is 51.1 Å². The first-order valence-electron chi connectivity index (χ1n) is 6.07. The molecule has 3 nitrogen and oxygen atoms in total. The summed E-state index contributed by atoms with van der Waals surface area (Å²) >= 11 is 0. The van der Waals surface area contributed by atoms with Gasteiger partial charge in [-0.05, 0) is 12.8 Å². The second-order valence-electron chi connectivity index (χ2n) is 4.24. The number of hydrogen-bond donors (Lipinski definition) is 1. The molecular weight excluding hydrogens is 221 g/mol. The molecule has 0 radical (unpaired) electrons. The number of hydrogen-bond acceptors (Lipinski definition) is 2. The van der Waals surface area contributed by atoms with Gasteiger partial charge >= 0.3 is 0 Å². The lowest BCUT2D eigenvalue weighted by Crippen LogP contribution is -2.44. The molecule has 1 N–H and O–H groups in total. The molecule has 4 heteroatoms. The monoisotopic (exact) mass is 239 g/mol. The Morgan fingerprint density at radius 1 is 1.35 bits per heavy atom. The summed E-state index contributed by atoms with van der Waals surface area (Å²) in [5.74, 6) is 4.21. The highest BCUT2D eigenvalue weighted by atomic mass is 19.1. The van der Waals surface area contributed by atoms with E-state index in [0.29, 0.717) is 19.3 Å². The summed E-state index contributed by atoms with van der Waals surface area (Å²) in [4.78, 5) is 22.7. The highest BCUT2D eigenvalue weighted by Gasteiger charge is 2.36. The molecule has 94 valence electrons. The number of carbonyl (C=O) groups is 2. The molecular formula is C13H18FNO2. The van der Waals surface area contributed by atoms with E-state index < -0.39 is 11.6 Å². The molecule has 1 aliphatic rings. The topological polar surface area (TPSA) is 46.2 Å². The van der Waals surface area contributed by atoms with Crippen LogP contribution in [0.1, 0.15) is 45.4 Å². The summed E-state index contributed by atoms with van der Waals surface area (Å²) < 4.78 is 14.3. The normalized spacial score (nSPS) is 23.9. The molecule has 1 aliphatic carbocycles. The zero-order valence-electron chi connectivity index (χ0n) is 10.1. The maximum Gasteiger partial charge on any atom is 0.270 e. The first-order chi connectivity index (χ1) is 8.08. The quantitative estimate of drug-likeness (QED) is 0.760. The average Bonchev–Trinajstić information content (AvgIpc) is 2.30. The van der Waals surface area contributed by atoms with E-state index in [1.54, 1.807) is 6.92 Å². The van der Waals surface area contributed by atoms with Crippen molar-refractivity contribution in [2.75, 3.05) is 6.54 Å². The molecule has 0 bridgehead atoms. The Bertz CT molecular complexity index is 356. The number of nitrogens with one attached hydrogen (secondary N) is 1. The molecule has 0 aromatic rings. The van der Waals surface area contributed by atoms with Crippen molar-refractivity contribution in [1.82, 2.24) is 5.32 Å². The SMILES string of the molecule is CCC(=O)CNC(=O)C1(F)C#CCCCCC1. The third kappa shape index (κ3) is 4.18. The van der Waals surface area contributed by atoms with Gasteiger partial charge in [0.15, 0.2) is 5.78 Å². The lowest BCUT2D eigenvalue weighted by Gasteiger charge is -2.19. The van der Waals surface area contributed by atoms with E-state index in [4.69, 9.17) is 0 Å². The summed E-state index contributed by atoms with van der Waals surface area (Å²) in [7, 11) is 0. The Balaban J connectivity index is 2.60. The second kappa shape index (κ2) is 6.39. The van der Waals surface area contributed by atoms with Crippen LogP contribution in [0, 0.1) is 11.8 Å². The highest BCUT2D eigenvalue weighted by Crippen LogP contribution is 2.22. The molecule has 0 spiro atoms. The van der Waals surface area contributed by atoms with Crippen LogP contribution >= 0.6 is 0 Å². The van der Waals surface area contributed by atoms with E-state index in [-0.39, 0.29) is 18.7 Å². The minimum atomic E-state index is -2.12. The van der Waals surface area contributed by atoms with E-state index in [9.17, 15) is 14.0 Å². The number of alkyl halides is 1. The smallest absolute Gasteiger partial charge is 0.270 e. The lowest BCUT2D eigenvalue weighted by molar-refractivity contribution is -0.131. The molecule has 0 aromatic carbocycles. The van der Waals surface area contributed by atoms with Gasteiger partial charge in [0, 0.05) is 19.3 Å². The molecule has 0 aliphatic heterocycles. The Kier molecular flexibility index (Phi) is 5.14. The molecule has 0 fully saturated rings. The van der Waals surface area contributed by atoms with Gasteiger partial charge in [-0.25, -0.2) is 4.39 Å². The average molecular weight is 239 g/mol. The van der Waals surface area contributed by atoms with Gasteiger partial charge in [-0.1, -0.05) is 25.2 Å². The molecule has 17 heavy (non-hydrogen) atoms. The van der Waals surface area contributed by atoms with Crippen molar-refractivity contribution in [3.05, 3.63) is 0 Å². The molecule has 0 saturated heterocycles. The predicted octanol–water partition coefficient (Wildman–Crippen LogP) is 1.76. The Hall–Kier alpha value is -1.37. The van der Waals surface area contributed by atoms with Gasteiger partial charge in [-0.2, -0.15) is 0 Å². The van der Waals surface area contributed by atoms with Crippen molar-refractivity contribution in [3.8, 4) is 11.8 Å². The predicted molar refractivity (Wildman–Crippen MR) is 63.0 cm³/mol. The number of ketones is 1. The summed E-state index contributed by atoms with van der Waals surface area (Å²) in [6.07, 6.45) is 3.59. The second-order valence-corrected chi connectivity index (χ2v) is 4.24. The minimum Gasteiger partial charge on any atom is -0.345 e. The molecule has 1 amide bonds. The van der Waals surface area contributed by atoms with Crippen molar-refractivity contribution < 1.29 is 14.0 Å². The van der Waals surface area contributed by atoms with Crippen LogP contribution in [0.4, 0.5) is 4.39 Å². The zero-order valence-corrected chi connectivity index (χ0v) is 10.1. The maximum absolute atomic E-state index is 14.3. The number of amides is 1. The molecule has 1 unspecified atom stereocenters. The van der Waals surface area contributed by atoms with Crippen LogP contribution in [0.15, 0.2) is 0 Å². The fourth-order valence-corrected chi connectivity index (χ4v) is 1.64. The van der Waals surface area contributed by atoms with Gasteiger partial charge in [0.05, 0.1) is 6.54 Å². The minimum absolute atomic E-state index is 0.108. The van der Waals surface area contributed by atoms with Crippen LogP contribution in [0.5, 0.6) is 0 Å². The van der Waals surface area contributed by atoms with Crippen molar-refractivity contribution in [2.24, 2.45) is 0 Å². The van der Waals surface area contributed by atoms with Crippen LogP contribution < -0.4 is 5.32 Å². The number of carbonyl (C=O) groups excluding carboxylic acids is 2. The third-order valence-corrected chi connectivity index (χ3v) is 2.81. The Labute approximate surface area is 101 Å². The van der Waals surface area contributed by atoms with E-state index in [0.717, 1.165) is 12.8 Å². The van der Waals surface area contributed by atoms with E-state index >= 15 is 0 Å². The fraction of sp³-hybridized carbons (Fsp3) is 0.692. The van der Waals surface area contributed by atoms with Crippen LogP contribution in [0.3, 0.4) is 0 Å². The van der Waals surface area contributed by atoms with E-state index in [1.165, 1.54) is 0 Å². The summed E-state index contributed by atoms with van der Waals surface area (Å²) in [5.41, 5.74) is -2.12. The van der Waals surface area contributed by atoms with E-state index in [2.05, 4.69) is 17.2 Å². The van der Waals surface area contributed by atoms with Crippen molar-refractivity contribution in [1.29, 1.82) is 0 Å². The zero-order chi connectivity index (χ0) is 12.7. The summed E-state index contributed by atoms with van der Waals surface area (Å²) in [6, 6.07) is 0. The van der Waals surface area contributed by atoms with Gasteiger partial charge in [-0.3, -0.25) is 9.59 Å². The van der Waals surface area contributed by atoms with Gasteiger partial charge in [0.25, 0.3) is 5.91 Å². The molecule has 0 heterocycles. The molecule has 1 atom stereocenters. The van der Waals surface area contributed by atoms with Gasteiger partial charge < -0.3 is 5.32 Å². The third-order valence-electron chi connectivity index (χ3n) is 2.81. The first kappa shape index (κ1) is 13.7. The Morgan fingerprint density at radius 2 is 2.12 bits per heavy atom. The molecule has 1 rings (SSSR count). The summed E-state index contributed by atoms with van der Waals surface area (Å²) in [5, 5.41) is 2.33. The molecule has 0 aromatic heterocycles. The largest absolute Gasteiger partial charge is 0.345 e. The Morgan fingerprint density at radius 3 is 2.82 bits per heavy atom. The maximum atomic E-state index is 14.3. The van der Waals surface area contributed by atoms with Crippen molar-refractivity contribution >= 4 is 11.7 Å². The van der Waals surface area contributed by atoms with Crippen molar-refractivity contribution in [3.63, 3.8) is 0 Å². The van der Waals surface area contributed by atoms with Crippen LogP contribution in [-0.2, 0) is 9.59 Å². The van der Waals surface area contributed by atoms with Gasteiger partial charge in [0.2, 0.25) is 5.67 Å². The van der Waals surface area contributed by atoms with Crippen LogP contribution in [-0.4, -0.2) is 23.9 Å². The van der Waals surface area contributed by atoms with Gasteiger partial charge in [-0.15, -0.1) is 0 Å². The standard InChI is InChI=1S/C13H18FNO2/c1-2-11(16)10-15-12(17)13(14)8-6-4-3-5-7-9-13/h2-6,8,10H2,1H3,(H,15,17). The number of halogens is 1. The van der Waals surface area contributed by atoms with Gasteiger partial charge in [0.1, 0.15) is 0 Å².